The van der Waals surface area contributed by atoms with Gasteiger partial charge in [-0.05, 0) is 12.1 Å². The highest BCUT2D eigenvalue weighted by Gasteiger charge is 2.15. The van der Waals surface area contributed by atoms with Crippen LogP contribution in [0.25, 0.3) is 0 Å². The SMILES string of the molecule is COC(CNc1cc(C#N)ccn1)C(=O)O. The van der Waals surface area contributed by atoms with E-state index in [4.69, 9.17) is 15.1 Å². The summed E-state index contributed by atoms with van der Waals surface area (Å²) in [5, 5.41) is 20.1. The predicted octanol–water partition coefficient (Wildman–Crippen LogP) is 0.465. The van der Waals surface area contributed by atoms with Gasteiger partial charge in [0.1, 0.15) is 5.82 Å². The predicted molar refractivity (Wildman–Crippen MR) is 55.9 cm³/mol. The molecule has 0 amide bonds. The van der Waals surface area contributed by atoms with Crippen molar-refractivity contribution in [1.29, 1.82) is 5.26 Å². The molecule has 1 heterocycles. The van der Waals surface area contributed by atoms with Crippen molar-refractivity contribution in [1.82, 2.24) is 4.98 Å². The van der Waals surface area contributed by atoms with Crippen LogP contribution >= 0.6 is 0 Å². The molecule has 0 fully saturated rings. The lowest BCUT2D eigenvalue weighted by Crippen LogP contribution is -2.30. The van der Waals surface area contributed by atoms with Gasteiger partial charge in [-0.3, -0.25) is 0 Å². The third-order valence-electron chi connectivity index (χ3n) is 1.92. The van der Waals surface area contributed by atoms with Gasteiger partial charge in [-0.15, -0.1) is 0 Å². The molecular formula is C10H11N3O3. The average molecular weight is 221 g/mol. The smallest absolute Gasteiger partial charge is 0.334 e. The van der Waals surface area contributed by atoms with Gasteiger partial charge >= 0.3 is 5.97 Å². The highest BCUT2D eigenvalue weighted by atomic mass is 16.5. The highest BCUT2D eigenvalue weighted by molar-refractivity contribution is 5.73. The van der Waals surface area contributed by atoms with Crippen molar-refractivity contribution in [2.24, 2.45) is 0 Å². The highest BCUT2D eigenvalue weighted by Crippen LogP contribution is 2.05. The van der Waals surface area contributed by atoms with Gasteiger partial charge in [-0.25, -0.2) is 9.78 Å². The van der Waals surface area contributed by atoms with Crippen LogP contribution in [0.1, 0.15) is 5.56 Å². The molecule has 0 aliphatic carbocycles. The van der Waals surface area contributed by atoms with E-state index in [-0.39, 0.29) is 6.54 Å². The summed E-state index contributed by atoms with van der Waals surface area (Å²) in [7, 11) is 1.32. The van der Waals surface area contributed by atoms with Crippen molar-refractivity contribution in [2.45, 2.75) is 6.10 Å². The van der Waals surface area contributed by atoms with E-state index < -0.39 is 12.1 Å². The molecule has 1 aromatic heterocycles. The van der Waals surface area contributed by atoms with Crippen molar-refractivity contribution in [3.8, 4) is 6.07 Å². The van der Waals surface area contributed by atoms with Crippen molar-refractivity contribution in [3.05, 3.63) is 23.9 Å². The standard InChI is InChI=1S/C10H11N3O3/c1-16-8(10(14)15)6-13-9-4-7(5-11)2-3-12-9/h2-4,8H,6H2,1H3,(H,12,13)(H,14,15). The van der Waals surface area contributed by atoms with E-state index in [0.717, 1.165) is 0 Å². The summed E-state index contributed by atoms with van der Waals surface area (Å²) in [6.07, 6.45) is 0.538. The summed E-state index contributed by atoms with van der Waals surface area (Å²) in [5.41, 5.74) is 0.460. The Morgan fingerprint density at radius 3 is 3.12 bits per heavy atom. The van der Waals surface area contributed by atoms with Crippen LogP contribution in [0.5, 0.6) is 0 Å². The van der Waals surface area contributed by atoms with E-state index >= 15 is 0 Å². The second-order valence-corrected chi connectivity index (χ2v) is 2.99. The number of carboxylic acids is 1. The second kappa shape index (κ2) is 5.68. The van der Waals surface area contributed by atoms with Gasteiger partial charge in [0, 0.05) is 13.3 Å². The second-order valence-electron chi connectivity index (χ2n) is 2.99. The molecule has 0 radical (unpaired) electrons. The van der Waals surface area contributed by atoms with Gasteiger partial charge in [0.2, 0.25) is 0 Å². The molecule has 0 aromatic carbocycles. The molecule has 0 saturated heterocycles. The first-order valence-corrected chi connectivity index (χ1v) is 4.53. The summed E-state index contributed by atoms with van der Waals surface area (Å²) < 4.78 is 4.74. The molecule has 16 heavy (non-hydrogen) atoms. The van der Waals surface area contributed by atoms with Crippen molar-refractivity contribution < 1.29 is 14.6 Å². The van der Waals surface area contributed by atoms with Crippen LogP contribution in [-0.2, 0) is 9.53 Å². The number of nitrogens with one attached hydrogen (secondary N) is 1. The van der Waals surface area contributed by atoms with Gasteiger partial charge in [0.25, 0.3) is 0 Å². The Labute approximate surface area is 92.5 Å². The van der Waals surface area contributed by atoms with E-state index in [2.05, 4.69) is 10.3 Å². The lowest BCUT2D eigenvalue weighted by atomic mass is 10.3. The minimum atomic E-state index is -1.05. The minimum absolute atomic E-state index is 0.0910. The quantitative estimate of drug-likeness (QED) is 0.750. The first-order valence-electron chi connectivity index (χ1n) is 4.53. The number of aromatic nitrogens is 1. The van der Waals surface area contributed by atoms with E-state index in [1.54, 1.807) is 6.07 Å². The minimum Gasteiger partial charge on any atom is -0.479 e. The van der Waals surface area contributed by atoms with Crippen LogP contribution in [0, 0.1) is 11.3 Å². The number of hydrogen-bond donors (Lipinski definition) is 2. The van der Waals surface area contributed by atoms with Gasteiger partial charge in [-0.2, -0.15) is 5.26 Å². The Morgan fingerprint density at radius 1 is 1.81 bits per heavy atom. The maximum absolute atomic E-state index is 10.6. The molecule has 6 heteroatoms. The van der Waals surface area contributed by atoms with Crippen molar-refractivity contribution in [3.63, 3.8) is 0 Å². The van der Waals surface area contributed by atoms with Crippen LogP contribution in [0.2, 0.25) is 0 Å². The van der Waals surface area contributed by atoms with Gasteiger partial charge < -0.3 is 15.2 Å². The maximum Gasteiger partial charge on any atom is 0.334 e. The molecular weight excluding hydrogens is 210 g/mol. The zero-order valence-corrected chi connectivity index (χ0v) is 8.67. The summed E-state index contributed by atoms with van der Waals surface area (Å²) in [4.78, 5) is 14.6. The Hall–Kier alpha value is -2.13. The van der Waals surface area contributed by atoms with E-state index in [1.165, 1.54) is 19.4 Å². The van der Waals surface area contributed by atoms with E-state index in [9.17, 15) is 4.79 Å². The number of rotatable bonds is 5. The number of hydrogen-bond acceptors (Lipinski definition) is 5. The lowest BCUT2D eigenvalue weighted by molar-refractivity contribution is -0.147. The Bertz CT molecular complexity index is 414. The average Bonchev–Trinajstić information content (AvgIpc) is 2.29. The molecule has 2 N–H and O–H groups in total. The molecule has 1 atom stereocenters. The van der Waals surface area contributed by atoms with Crippen molar-refractivity contribution >= 4 is 11.8 Å². The van der Waals surface area contributed by atoms with Crippen molar-refractivity contribution in [2.75, 3.05) is 19.0 Å². The summed E-state index contributed by atoms with van der Waals surface area (Å²) >= 11 is 0. The summed E-state index contributed by atoms with van der Waals surface area (Å²) in [6.45, 7) is 0.0910. The van der Waals surface area contributed by atoms with E-state index in [0.29, 0.717) is 11.4 Å². The molecule has 0 spiro atoms. The monoisotopic (exact) mass is 221 g/mol. The number of methoxy groups -OCH3 is 1. The molecule has 1 rings (SSSR count). The zero-order valence-electron chi connectivity index (χ0n) is 8.67. The van der Waals surface area contributed by atoms with Crippen LogP contribution in [-0.4, -0.2) is 35.8 Å². The third kappa shape index (κ3) is 3.22. The molecule has 0 saturated carbocycles. The van der Waals surface area contributed by atoms with Crippen LogP contribution in [0.4, 0.5) is 5.82 Å². The van der Waals surface area contributed by atoms with Gasteiger partial charge in [0.15, 0.2) is 6.10 Å². The Kier molecular flexibility index (Phi) is 4.24. The summed E-state index contributed by atoms with van der Waals surface area (Å²) in [5.74, 6) is -0.603. The number of pyridine rings is 1. The normalized spacial score (nSPS) is 11.5. The topological polar surface area (TPSA) is 95.2 Å². The number of ether oxygens (including phenoxy) is 1. The fraction of sp³-hybridized carbons (Fsp3) is 0.300. The first-order chi connectivity index (χ1) is 7.67. The number of nitrogens with zero attached hydrogens (tertiary/aromatic N) is 2. The largest absolute Gasteiger partial charge is 0.479 e. The fourth-order valence-electron chi connectivity index (χ4n) is 1.07. The van der Waals surface area contributed by atoms with Crippen LogP contribution in [0.3, 0.4) is 0 Å². The first kappa shape index (κ1) is 11.9. The zero-order chi connectivity index (χ0) is 12.0. The van der Waals surface area contributed by atoms with E-state index in [1.807, 2.05) is 6.07 Å². The molecule has 0 aliphatic heterocycles. The Balaban J connectivity index is 2.60. The van der Waals surface area contributed by atoms with Gasteiger partial charge in [0.05, 0.1) is 18.2 Å². The number of anilines is 1. The number of carboxylic acid groups (broad SMARTS) is 1. The molecule has 0 aliphatic rings. The van der Waals surface area contributed by atoms with Crippen LogP contribution in [0.15, 0.2) is 18.3 Å². The number of carbonyl (C=O) groups is 1. The fourth-order valence-corrected chi connectivity index (χ4v) is 1.07. The lowest BCUT2D eigenvalue weighted by Gasteiger charge is -2.11. The third-order valence-corrected chi connectivity index (χ3v) is 1.92. The molecule has 1 unspecified atom stereocenters. The number of aliphatic carboxylic acids is 1. The number of nitriles is 1. The molecule has 0 bridgehead atoms. The van der Waals surface area contributed by atoms with Gasteiger partial charge in [-0.1, -0.05) is 0 Å². The maximum atomic E-state index is 10.6. The Morgan fingerprint density at radius 2 is 2.56 bits per heavy atom. The summed E-state index contributed by atoms with van der Waals surface area (Å²) in [6, 6.07) is 5.07. The molecule has 6 nitrogen and oxygen atoms in total. The molecule has 1 aromatic rings. The van der Waals surface area contributed by atoms with Crippen LogP contribution < -0.4 is 5.32 Å². The molecule has 84 valence electrons.